The molecule has 6 rings (SSSR count). The van der Waals surface area contributed by atoms with Gasteiger partial charge in [-0.1, -0.05) is 54.6 Å². The maximum absolute atomic E-state index is 13.6. The molecule has 0 atom stereocenters. The lowest BCUT2D eigenvalue weighted by Crippen LogP contribution is -2.31. The van der Waals surface area contributed by atoms with Crippen molar-refractivity contribution in [3.63, 3.8) is 0 Å². The monoisotopic (exact) mass is 453 g/mol. The van der Waals surface area contributed by atoms with Crippen LogP contribution in [-0.4, -0.2) is 22.4 Å². The van der Waals surface area contributed by atoms with E-state index in [0.29, 0.717) is 28.1 Å². The average Bonchev–Trinajstić information content (AvgIpc) is 3.38. The van der Waals surface area contributed by atoms with E-state index in [-0.39, 0.29) is 11.7 Å². The van der Waals surface area contributed by atoms with E-state index in [2.05, 4.69) is 10.7 Å². The molecule has 164 valence electrons. The van der Waals surface area contributed by atoms with Crippen molar-refractivity contribution in [2.75, 3.05) is 4.90 Å². The van der Waals surface area contributed by atoms with E-state index in [9.17, 15) is 14.9 Å². The number of aryl methyl sites for hydroxylation is 1. The number of aromatic nitrogens is 1. The number of hydrogen-bond acceptors (Lipinski definition) is 3. The van der Waals surface area contributed by atoms with Gasteiger partial charge >= 0.3 is 17.8 Å². The number of amides is 1. The zero-order valence-corrected chi connectivity index (χ0v) is 18.7. The number of nitriles is 1. The van der Waals surface area contributed by atoms with E-state index >= 15 is 0 Å². The minimum atomic E-state index is -0.278. The van der Waals surface area contributed by atoms with E-state index in [4.69, 9.17) is 0 Å². The zero-order chi connectivity index (χ0) is 24.1. The van der Waals surface area contributed by atoms with Gasteiger partial charge < -0.3 is 4.57 Å². The summed E-state index contributed by atoms with van der Waals surface area (Å²) in [6, 6.07) is 28.5. The van der Waals surface area contributed by atoms with Gasteiger partial charge in [-0.25, -0.2) is 4.79 Å². The summed E-state index contributed by atoms with van der Waals surface area (Å²) < 4.78 is 6.02. The molecule has 0 fully saturated rings. The van der Waals surface area contributed by atoms with Crippen molar-refractivity contribution in [3.8, 4) is 11.8 Å². The van der Waals surface area contributed by atoms with E-state index in [0.717, 1.165) is 27.4 Å². The van der Waals surface area contributed by atoms with Crippen molar-refractivity contribution in [3.05, 3.63) is 107 Å². The summed E-state index contributed by atoms with van der Waals surface area (Å²) in [5.41, 5.74) is 5.43. The van der Waals surface area contributed by atoms with Gasteiger partial charge in [0.05, 0.1) is 27.8 Å². The van der Waals surface area contributed by atoms with Crippen LogP contribution in [0.3, 0.4) is 0 Å². The molecule has 0 saturated heterocycles. The highest BCUT2D eigenvalue weighted by atomic mass is 16.2. The summed E-state index contributed by atoms with van der Waals surface area (Å²) >= 11 is 0. The Morgan fingerprint density at radius 2 is 1.54 bits per heavy atom. The molecular formula is C29H17N4O2+. The predicted molar refractivity (Wildman–Crippen MR) is 135 cm³/mol. The highest BCUT2D eigenvalue weighted by Gasteiger charge is 2.47. The number of hydrogen-bond donors (Lipinski definition) is 0. The van der Waals surface area contributed by atoms with Gasteiger partial charge in [0.2, 0.25) is 0 Å². The Bertz CT molecular complexity index is 1830. The molecule has 1 aromatic heterocycles. The first-order valence-electron chi connectivity index (χ1n) is 11.1. The molecule has 35 heavy (non-hydrogen) atoms. The van der Waals surface area contributed by atoms with Gasteiger partial charge in [-0.05, 0) is 42.8 Å². The summed E-state index contributed by atoms with van der Waals surface area (Å²) in [7, 11) is 0. The van der Waals surface area contributed by atoms with Crippen LogP contribution in [0.1, 0.15) is 27.0 Å². The number of anilines is 1. The van der Waals surface area contributed by atoms with Crippen molar-refractivity contribution in [2.24, 2.45) is 0 Å². The normalized spacial score (nSPS) is 12.5. The number of nitrogens with zero attached hydrogens (tertiary/aromatic N) is 4. The number of rotatable bonds is 2. The molecule has 1 amide bonds. The molecule has 0 aliphatic carbocycles. The van der Waals surface area contributed by atoms with Crippen molar-refractivity contribution < 1.29 is 9.59 Å². The van der Waals surface area contributed by atoms with E-state index in [1.807, 2.05) is 72.2 Å². The van der Waals surface area contributed by atoms with Crippen LogP contribution in [-0.2, 0) is 4.79 Å². The molecule has 0 unspecified atom stereocenters. The highest BCUT2D eigenvalue weighted by molar-refractivity contribution is 6.37. The molecule has 6 heteroatoms. The van der Waals surface area contributed by atoms with Gasteiger partial charge in [0.25, 0.3) is 0 Å². The Kier molecular flexibility index (Phi) is 4.48. The summed E-state index contributed by atoms with van der Waals surface area (Å²) in [6.45, 7) is 2.02. The number of carbonyl (C=O) groups is 1. The van der Waals surface area contributed by atoms with Crippen molar-refractivity contribution in [2.45, 2.75) is 6.92 Å². The largest absolute Gasteiger partial charge is 0.435 e. The van der Waals surface area contributed by atoms with Crippen molar-refractivity contribution in [1.82, 2.24) is 9.24 Å². The van der Waals surface area contributed by atoms with Gasteiger partial charge in [-0.2, -0.15) is 10.1 Å². The molecule has 0 radical (unpaired) electrons. The standard InChI is InChI=1S/C29H17N4O2/c1-18-8-5-12-21-22-13-6-9-19(16-30)27(22)33(26(18)21)24-15-7-14-23-25(24)28(31-17-34)32(29(23)35)20-10-3-2-4-11-20/h2-15H,1H3/q+1. The zero-order valence-electron chi connectivity index (χ0n) is 18.7. The van der Waals surface area contributed by atoms with Crippen LogP contribution in [0.2, 0.25) is 0 Å². The Morgan fingerprint density at radius 1 is 0.829 bits per heavy atom. The molecule has 1 aliphatic heterocycles. The van der Waals surface area contributed by atoms with Gasteiger partial charge in [0.15, 0.2) is 0 Å². The smallest absolute Gasteiger partial charge is 0.307 e. The third-order valence-corrected chi connectivity index (χ3v) is 6.45. The SMILES string of the molecule is Cc1cccc2c3cccc(C#N)c3n(-c3cccc4c3C(=[N+]=C=O)N(c3ccccc3)C4=O)c12. The van der Waals surface area contributed by atoms with Crippen LogP contribution in [0.5, 0.6) is 0 Å². The van der Waals surface area contributed by atoms with E-state index in [1.54, 1.807) is 30.3 Å². The average molecular weight is 453 g/mol. The van der Waals surface area contributed by atoms with E-state index in [1.165, 1.54) is 4.90 Å². The lowest BCUT2D eigenvalue weighted by molar-refractivity contribution is 0.101. The fourth-order valence-electron chi connectivity index (χ4n) is 5.05. The molecular weight excluding hydrogens is 436 g/mol. The highest BCUT2D eigenvalue weighted by Crippen LogP contribution is 2.39. The number of amidine groups is 1. The summed E-state index contributed by atoms with van der Waals surface area (Å²) in [4.78, 5) is 26.5. The Hall–Kier alpha value is -5.20. The van der Waals surface area contributed by atoms with Crippen LogP contribution in [0.15, 0.2) is 84.9 Å². The summed E-state index contributed by atoms with van der Waals surface area (Å²) in [5, 5.41) is 11.9. The fraction of sp³-hybridized carbons (Fsp3) is 0.0345. The molecule has 0 spiro atoms. The van der Waals surface area contributed by atoms with Crippen molar-refractivity contribution in [1.29, 1.82) is 5.26 Å². The number of carbonyl (C=O) groups excluding carboxylic acids is 2. The first kappa shape index (κ1) is 20.4. The maximum atomic E-state index is 13.6. The lowest BCUT2D eigenvalue weighted by atomic mass is 10.1. The minimum absolute atomic E-state index is 0.208. The summed E-state index contributed by atoms with van der Waals surface area (Å²) in [6.07, 6.45) is 1.63. The predicted octanol–water partition coefficient (Wildman–Crippen LogP) is 4.77. The van der Waals surface area contributed by atoms with Crippen LogP contribution in [0.4, 0.5) is 5.69 Å². The molecule has 0 saturated carbocycles. The third-order valence-electron chi connectivity index (χ3n) is 6.45. The third kappa shape index (κ3) is 2.81. The molecule has 4 aromatic carbocycles. The maximum Gasteiger partial charge on any atom is 0.435 e. The van der Waals surface area contributed by atoms with Crippen molar-refractivity contribution >= 4 is 45.3 Å². The van der Waals surface area contributed by atoms with E-state index < -0.39 is 0 Å². The molecule has 0 bridgehead atoms. The topological polar surface area (TPSA) is 80.2 Å². The molecule has 5 aromatic rings. The number of para-hydroxylation sites is 3. The second-order valence-corrected chi connectivity index (χ2v) is 8.32. The second-order valence-electron chi connectivity index (χ2n) is 8.32. The molecule has 0 N–H and O–H groups in total. The summed E-state index contributed by atoms with van der Waals surface area (Å²) in [5.74, 6) is -0.0696. The lowest BCUT2D eigenvalue weighted by Gasteiger charge is -2.12. The Balaban J connectivity index is 1.78. The van der Waals surface area contributed by atoms with Crippen LogP contribution in [0, 0.1) is 18.3 Å². The van der Waals surface area contributed by atoms with Gasteiger partial charge in [-0.3, -0.25) is 0 Å². The van der Waals surface area contributed by atoms with Gasteiger partial charge in [0.1, 0.15) is 17.3 Å². The second kappa shape index (κ2) is 7.69. The van der Waals surface area contributed by atoms with Crippen LogP contribution < -0.4 is 9.57 Å². The Morgan fingerprint density at radius 3 is 2.29 bits per heavy atom. The van der Waals surface area contributed by atoms with Crippen LogP contribution in [0.25, 0.3) is 27.5 Å². The molecule has 6 nitrogen and oxygen atoms in total. The van der Waals surface area contributed by atoms with Gasteiger partial charge in [-0.15, -0.1) is 9.57 Å². The quantitative estimate of drug-likeness (QED) is 0.219. The first-order chi connectivity index (χ1) is 17.2. The minimum Gasteiger partial charge on any atom is -0.307 e. The number of isocyanates is 1. The first-order valence-corrected chi connectivity index (χ1v) is 11.1. The number of benzene rings is 4. The Labute approximate surface area is 200 Å². The molecule has 1 aliphatic rings. The number of fused-ring (bicyclic) bond motifs is 4. The molecule has 2 heterocycles. The fourth-order valence-corrected chi connectivity index (χ4v) is 5.05. The van der Waals surface area contributed by atoms with Crippen LogP contribution >= 0.6 is 0 Å². The van der Waals surface area contributed by atoms with Gasteiger partial charge in [0, 0.05) is 10.8 Å².